The first-order valence-corrected chi connectivity index (χ1v) is 11.9. The third-order valence-corrected chi connectivity index (χ3v) is 5.86. The number of aryl methyl sites for hydroxylation is 1. The second kappa shape index (κ2) is 10.8. The monoisotopic (exact) mass is 508 g/mol. The molecule has 0 aliphatic rings. The third-order valence-electron chi connectivity index (χ3n) is 5.86. The fourth-order valence-electron chi connectivity index (χ4n) is 3.97. The van der Waals surface area contributed by atoms with Gasteiger partial charge in [0.25, 0.3) is 5.91 Å². The van der Waals surface area contributed by atoms with Gasteiger partial charge in [-0.3, -0.25) is 14.9 Å². The lowest BCUT2D eigenvalue weighted by Gasteiger charge is -2.06. The van der Waals surface area contributed by atoms with Crippen molar-refractivity contribution in [2.75, 3.05) is 0 Å². The van der Waals surface area contributed by atoms with E-state index in [9.17, 15) is 14.9 Å². The lowest BCUT2D eigenvalue weighted by Crippen LogP contribution is -2.22. The van der Waals surface area contributed by atoms with E-state index in [4.69, 9.17) is 14.3 Å². The number of hydrogen-bond donors (Lipinski definition) is 1. The van der Waals surface area contributed by atoms with Gasteiger partial charge < -0.3 is 14.5 Å². The van der Waals surface area contributed by atoms with Gasteiger partial charge in [-0.2, -0.15) is 5.10 Å². The van der Waals surface area contributed by atoms with Crippen LogP contribution in [0.1, 0.15) is 27.4 Å². The summed E-state index contributed by atoms with van der Waals surface area (Å²) in [6.45, 7) is 1.95. The van der Waals surface area contributed by atoms with Gasteiger partial charge in [-0.1, -0.05) is 54.6 Å². The number of nitro groups is 1. The zero-order chi connectivity index (χ0) is 26.5. The van der Waals surface area contributed by atoms with Crippen molar-refractivity contribution in [1.29, 1.82) is 0 Å². The van der Waals surface area contributed by atoms with Crippen molar-refractivity contribution < 1.29 is 18.9 Å². The topological polar surface area (TPSA) is 112 Å². The van der Waals surface area contributed by atoms with Crippen LogP contribution in [0.2, 0.25) is 0 Å². The number of rotatable bonds is 9. The molecule has 9 heteroatoms. The molecule has 9 nitrogen and oxygen atoms in total. The maximum absolute atomic E-state index is 12.8. The number of ether oxygens (including phenoxy) is 1. The molecule has 0 saturated heterocycles. The molecule has 0 atom stereocenters. The second-order valence-corrected chi connectivity index (χ2v) is 8.61. The van der Waals surface area contributed by atoms with Crippen molar-refractivity contribution in [2.24, 2.45) is 0 Å². The minimum atomic E-state index is -0.493. The van der Waals surface area contributed by atoms with Gasteiger partial charge in [0.1, 0.15) is 12.4 Å². The van der Waals surface area contributed by atoms with Gasteiger partial charge in [-0.05, 0) is 42.8 Å². The van der Waals surface area contributed by atoms with Gasteiger partial charge in [0.15, 0.2) is 11.5 Å². The maximum Gasteiger partial charge on any atom is 0.311 e. The van der Waals surface area contributed by atoms with Crippen LogP contribution >= 0.6 is 0 Å². The molecule has 5 rings (SSSR count). The lowest BCUT2D eigenvalue weighted by molar-refractivity contribution is -0.386. The van der Waals surface area contributed by atoms with Crippen molar-refractivity contribution in [1.82, 2.24) is 15.1 Å². The predicted octanol–water partition coefficient (Wildman–Crippen LogP) is 5.86. The number of nitrogens with zero attached hydrogens (tertiary/aromatic N) is 3. The number of aromatic nitrogens is 2. The predicted molar refractivity (Wildman–Crippen MR) is 141 cm³/mol. The number of furan rings is 1. The molecule has 0 spiro atoms. The van der Waals surface area contributed by atoms with Gasteiger partial charge in [-0.15, -0.1) is 0 Å². The zero-order valence-electron chi connectivity index (χ0n) is 20.5. The fourth-order valence-corrected chi connectivity index (χ4v) is 3.97. The third kappa shape index (κ3) is 5.46. The van der Waals surface area contributed by atoms with Crippen LogP contribution in [0.25, 0.3) is 16.9 Å². The molecule has 2 aromatic heterocycles. The van der Waals surface area contributed by atoms with E-state index in [0.29, 0.717) is 5.76 Å². The highest BCUT2D eigenvalue weighted by Gasteiger charge is 2.18. The van der Waals surface area contributed by atoms with E-state index < -0.39 is 10.8 Å². The molecule has 0 aliphatic heterocycles. The highest BCUT2D eigenvalue weighted by atomic mass is 16.6. The van der Waals surface area contributed by atoms with Crippen LogP contribution in [0.5, 0.6) is 5.75 Å². The highest BCUT2D eigenvalue weighted by Crippen LogP contribution is 2.29. The summed E-state index contributed by atoms with van der Waals surface area (Å²) in [6.07, 6.45) is 1.90. The lowest BCUT2D eigenvalue weighted by atomic mass is 10.1. The Kier molecular flexibility index (Phi) is 6.99. The summed E-state index contributed by atoms with van der Waals surface area (Å²) in [5, 5.41) is 19.0. The van der Waals surface area contributed by atoms with E-state index in [1.54, 1.807) is 35.9 Å². The second-order valence-electron chi connectivity index (χ2n) is 8.61. The van der Waals surface area contributed by atoms with Gasteiger partial charge >= 0.3 is 5.69 Å². The van der Waals surface area contributed by atoms with Crippen LogP contribution < -0.4 is 10.1 Å². The molecule has 5 aromatic rings. The van der Waals surface area contributed by atoms with Crippen molar-refractivity contribution in [2.45, 2.75) is 20.1 Å². The molecular formula is C29H24N4O5. The summed E-state index contributed by atoms with van der Waals surface area (Å²) in [4.78, 5) is 23.7. The van der Waals surface area contributed by atoms with Gasteiger partial charge in [0, 0.05) is 29.9 Å². The first kappa shape index (κ1) is 24.5. The standard InChI is InChI=1S/C29H24N4O5/c1-20-12-14-26(25(16-20)33(35)36)37-19-24-13-15-27(38-24)29(34)30-17-22-18-32(23-10-6-3-7-11-23)31-28(22)21-8-4-2-5-9-21/h2-16,18H,17,19H2,1H3,(H,30,34). The molecule has 0 saturated carbocycles. The van der Waals surface area contributed by atoms with Crippen LogP contribution in [0, 0.1) is 17.0 Å². The zero-order valence-corrected chi connectivity index (χ0v) is 20.5. The Bertz CT molecular complexity index is 1580. The minimum Gasteiger partial charge on any atom is -0.479 e. The minimum absolute atomic E-state index is 0.0564. The van der Waals surface area contributed by atoms with Crippen LogP contribution in [0.4, 0.5) is 5.69 Å². The van der Waals surface area contributed by atoms with E-state index in [2.05, 4.69) is 5.32 Å². The largest absolute Gasteiger partial charge is 0.479 e. The number of benzene rings is 3. The number of para-hydroxylation sites is 1. The Morgan fingerprint density at radius 3 is 2.50 bits per heavy atom. The van der Waals surface area contributed by atoms with Crippen molar-refractivity contribution in [3.63, 3.8) is 0 Å². The number of carbonyl (C=O) groups excluding carboxylic acids is 1. The number of amides is 1. The Morgan fingerprint density at radius 2 is 1.76 bits per heavy atom. The van der Waals surface area contributed by atoms with Gasteiger partial charge in [0.2, 0.25) is 0 Å². The number of nitrogens with one attached hydrogen (secondary N) is 1. The molecule has 190 valence electrons. The van der Waals surface area contributed by atoms with Crippen LogP contribution in [-0.2, 0) is 13.2 Å². The van der Waals surface area contributed by atoms with E-state index >= 15 is 0 Å². The molecule has 38 heavy (non-hydrogen) atoms. The summed E-state index contributed by atoms with van der Waals surface area (Å²) in [6, 6.07) is 27.4. The Hall–Kier alpha value is -5.18. The number of nitro benzene ring substituents is 1. The van der Waals surface area contributed by atoms with Crippen molar-refractivity contribution >= 4 is 11.6 Å². The maximum atomic E-state index is 12.8. The summed E-state index contributed by atoms with van der Waals surface area (Å²) < 4.78 is 13.0. The molecule has 0 aliphatic carbocycles. The van der Waals surface area contributed by atoms with E-state index in [1.165, 1.54) is 6.07 Å². The smallest absolute Gasteiger partial charge is 0.311 e. The molecular weight excluding hydrogens is 484 g/mol. The summed E-state index contributed by atoms with van der Waals surface area (Å²) in [5.74, 6) is 0.210. The first-order chi connectivity index (χ1) is 18.5. The van der Waals surface area contributed by atoms with E-state index in [0.717, 1.165) is 28.1 Å². The first-order valence-electron chi connectivity index (χ1n) is 11.9. The molecule has 2 heterocycles. The summed E-state index contributed by atoms with van der Waals surface area (Å²) in [7, 11) is 0. The van der Waals surface area contributed by atoms with Crippen LogP contribution in [0.3, 0.4) is 0 Å². The fraction of sp³-hybridized carbons (Fsp3) is 0.103. The molecule has 0 radical (unpaired) electrons. The molecule has 1 amide bonds. The van der Waals surface area contributed by atoms with E-state index in [-0.39, 0.29) is 30.3 Å². The Labute approximate surface area is 218 Å². The van der Waals surface area contributed by atoms with E-state index in [1.807, 2.05) is 66.9 Å². The van der Waals surface area contributed by atoms with Crippen LogP contribution in [-0.4, -0.2) is 20.6 Å². The SMILES string of the molecule is Cc1ccc(OCc2ccc(C(=O)NCc3cn(-c4ccccc4)nc3-c3ccccc3)o2)c([N+](=O)[O-])c1. The molecule has 1 N–H and O–H groups in total. The number of carbonyl (C=O) groups is 1. The van der Waals surface area contributed by atoms with Crippen molar-refractivity contribution in [3.8, 4) is 22.7 Å². The normalized spacial score (nSPS) is 10.8. The molecule has 0 fully saturated rings. The average Bonchev–Trinajstić information content (AvgIpc) is 3.60. The van der Waals surface area contributed by atoms with Crippen LogP contribution in [0.15, 0.2) is 102 Å². The van der Waals surface area contributed by atoms with Crippen molar-refractivity contribution in [3.05, 3.63) is 130 Å². The molecule has 0 unspecified atom stereocenters. The summed E-state index contributed by atoms with van der Waals surface area (Å²) in [5.41, 5.74) is 4.09. The summed E-state index contributed by atoms with van der Waals surface area (Å²) >= 11 is 0. The molecule has 3 aromatic carbocycles. The average molecular weight is 509 g/mol. The van der Waals surface area contributed by atoms with Gasteiger partial charge in [0.05, 0.1) is 16.3 Å². The number of hydrogen-bond acceptors (Lipinski definition) is 6. The highest BCUT2D eigenvalue weighted by molar-refractivity contribution is 5.91. The van der Waals surface area contributed by atoms with Gasteiger partial charge in [-0.25, -0.2) is 4.68 Å². The Morgan fingerprint density at radius 1 is 1.03 bits per heavy atom. The molecule has 0 bridgehead atoms. The quantitative estimate of drug-likeness (QED) is 0.197. The Balaban J connectivity index is 1.28.